The molecule has 2 saturated heterocycles. The summed E-state index contributed by atoms with van der Waals surface area (Å²) >= 11 is 6.97. The van der Waals surface area contributed by atoms with E-state index >= 15 is 0 Å². The Hall–Kier alpha value is -4.41. The molecule has 1 unspecified atom stereocenters. The van der Waals surface area contributed by atoms with Crippen molar-refractivity contribution in [2.24, 2.45) is 0 Å². The average Bonchev–Trinajstić information content (AvgIpc) is 3.34. The van der Waals surface area contributed by atoms with Crippen molar-refractivity contribution in [1.29, 1.82) is 0 Å². The predicted octanol–water partition coefficient (Wildman–Crippen LogP) is 4.97. The number of benzene rings is 2. The van der Waals surface area contributed by atoms with E-state index < -0.39 is 46.1 Å². The highest BCUT2D eigenvalue weighted by atomic mass is 35.5. The number of carbonyl (C=O) groups is 4. The fraction of sp³-hybridized carbons (Fsp3) is 0.242. The number of alkyl halides is 1. The first-order chi connectivity index (χ1) is 21.3. The van der Waals surface area contributed by atoms with Crippen molar-refractivity contribution in [3.8, 4) is 0 Å². The van der Waals surface area contributed by atoms with Gasteiger partial charge in [0, 0.05) is 6.20 Å². The molecule has 0 saturated carbocycles. The molecule has 0 aliphatic carbocycles. The molecule has 2 fully saturated rings. The number of esters is 3. The maximum absolute atomic E-state index is 14.1. The molecule has 3 atom stereocenters. The fourth-order valence-corrected chi connectivity index (χ4v) is 6.78. The van der Waals surface area contributed by atoms with Gasteiger partial charge in [-0.05, 0) is 36.3 Å². The molecule has 44 heavy (non-hydrogen) atoms. The summed E-state index contributed by atoms with van der Waals surface area (Å²) in [6.45, 7) is 5.17. The second kappa shape index (κ2) is 13.5. The fourth-order valence-electron chi connectivity index (χ4n) is 5.10. The van der Waals surface area contributed by atoms with Crippen molar-refractivity contribution in [3.63, 3.8) is 0 Å². The molecule has 0 bridgehead atoms. The van der Waals surface area contributed by atoms with Gasteiger partial charge in [0.05, 0.1) is 21.6 Å². The molecule has 226 valence electrons. The summed E-state index contributed by atoms with van der Waals surface area (Å²) in [7, 11) is 0. The summed E-state index contributed by atoms with van der Waals surface area (Å²) in [6.07, 6.45) is 3.76. The zero-order chi connectivity index (χ0) is 31.3. The third-order valence-electron chi connectivity index (χ3n) is 7.18. The van der Waals surface area contributed by atoms with Gasteiger partial charge in [0.2, 0.25) is 0 Å². The van der Waals surface area contributed by atoms with E-state index in [1.54, 1.807) is 13.0 Å². The molecule has 0 spiro atoms. The topological polar surface area (TPSA) is 112 Å². The van der Waals surface area contributed by atoms with Gasteiger partial charge in [0.15, 0.2) is 6.10 Å². The van der Waals surface area contributed by atoms with Crippen molar-refractivity contribution >= 4 is 53.3 Å². The number of β-lactam (4-membered cyclic amide) rings is 1. The summed E-state index contributed by atoms with van der Waals surface area (Å²) in [6, 6.07) is 20.6. The number of ether oxygens (including phenoxy) is 3. The van der Waals surface area contributed by atoms with Crippen LogP contribution in [0.5, 0.6) is 0 Å². The van der Waals surface area contributed by atoms with Crippen molar-refractivity contribution < 1.29 is 33.4 Å². The average molecular weight is 633 g/mol. The van der Waals surface area contributed by atoms with Gasteiger partial charge in [0.1, 0.15) is 30.5 Å². The Morgan fingerprint density at radius 3 is 2.34 bits per heavy atom. The van der Waals surface area contributed by atoms with Gasteiger partial charge >= 0.3 is 17.9 Å². The van der Waals surface area contributed by atoms with Crippen LogP contribution < -0.4 is 0 Å². The Balaban J connectivity index is 1.45. The predicted molar refractivity (Wildman–Crippen MR) is 166 cm³/mol. The highest BCUT2D eigenvalue weighted by molar-refractivity contribution is 8.02. The van der Waals surface area contributed by atoms with Crippen LogP contribution >= 0.6 is 23.4 Å². The van der Waals surface area contributed by atoms with Gasteiger partial charge in [-0.2, -0.15) is 0 Å². The highest BCUT2D eigenvalue weighted by Gasteiger charge is 2.64. The third kappa shape index (κ3) is 6.41. The summed E-state index contributed by atoms with van der Waals surface area (Å²) in [4.78, 5) is 57.7. The number of hydrogen-bond donors (Lipinski definition) is 0. The molecule has 1 amide bonds. The largest absolute Gasteiger partial charge is 0.463 e. The molecule has 0 radical (unpaired) electrons. The van der Waals surface area contributed by atoms with Crippen molar-refractivity contribution in [2.45, 2.75) is 29.2 Å². The smallest absolute Gasteiger partial charge is 0.338 e. The first-order valence-corrected chi connectivity index (χ1v) is 15.2. The maximum Gasteiger partial charge on any atom is 0.338 e. The molecule has 3 aromatic rings. The normalized spacial score (nSPS) is 21.4. The van der Waals surface area contributed by atoms with Gasteiger partial charge in [-0.1, -0.05) is 73.3 Å². The molecule has 3 heterocycles. The van der Waals surface area contributed by atoms with E-state index in [2.05, 4.69) is 11.6 Å². The third-order valence-corrected chi connectivity index (χ3v) is 8.98. The lowest BCUT2D eigenvalue weighted by Gasteiger charge is -2.40. The Kier molecular flexibility index (Phi) is 9.51. The number of rotatable bonds is 11. The van der Waals surface area contributed by atoms with Crippen LogP contribution in [0.15, 0.2) is 97.2 Å². The molecule has 5 rings (SSSR count). The molecule has 2 aliphatic rings. The Morgan fingerprint density at radius 2 is 1.73 bits per heavy atom. The van der Waals surface area contributed by atoms with Gasteiger partial charge in [-0.3, -0.25) is 14.6 Å². The van der Waals surface area contributed by atoms with Crippen molar-refractivity contribution in [3.05, 3.63) is 120 Å². The number of aromatic nitrogens is 1. The molecule has 9 nitrogen and oxygen atoms in total. The van der Waals surface area contributed by atoms with E-state index in [-0.39, 0.29) is 24.7 Å². The van der Waals surface area contributed by atoms with E-state index in [0.717, 1.165) is 11.1 Å². The second-order valence-corrected chi connectivity index (χ2v) is 12.2. The standard InChI is InChI=1S/C33H29ClN2O7S/c1-3-16-41-31(39)23-14-15-35-24(17-23)18-25-29(38)36-28(33(2,44-30(25)36)20-42-26(37)19-34)32(40)43-27(21-10-6-4-7-11-21)22-12-8-5-9-13-22/h3-15,17-18,27-28,30H,1,16,19-20H2,2H3/t28-,30?,33-/m0/s1. The van der Waals surface area contributed by atoms with E-state index in [4.69, 9.17) is 25.8 Å². The number of pyridine rings is 1. The quantitative estimate of drug-likeness (QED) is 0.0723. The highest BCUT2D eigenvalue weighted by Crippen LogP contribution is 2.54. The lowest BCUT2D eigenvalue weighted by atomic mass is 9.93. The van der Waals surface area contributed by atoms with Crippen LogP contribution in [-0.4, -0.2) is 69.0 Å². The van der Waals surface area contributed by atoms with E-state index in [9.17, 15) is 19.2 Å². The zero-order valence-electron chi connectivity index (χ0n) is 23.8. The molecule has 0 N–H and O–H groups in total. The summed E-state index contributed by atoms with van der Waals surface area (Å²) < 4.78 is 15.6. The SMILES string of the molecule is C=CCOC(=O)c1ccnc(C=C2C(=O)N3C2S[C@@](C)(COC(=O)CCl)[C@@H]3C(=O)OC(c2ccccc2)c2ccccc2)c1. The van der Waals surface area contributed by atoms with Crippen LogP contribution in [0.2, 0.25) is 0 Å². The minimum Gasteiger partial charge on any atom is -0.463 e. The minimum atomic E-state index is -1.08. The van der Waals surface area contributed by atoms with Crippen LogP contribution in [-0.2, 0) is 28.6 Å². The van der Waals surface area contributed by atoms with Crippen LogP contribution in [0.3, 0.4) is 0 Å². The van der Waals surface area contributed by atoms with Gasteiger partial charge in [0.25, 0.3) is 5.91 Å². The van der Waals surface area contributed by atoms with Crippen molar-refractivity contribution in [2.75, 3.05) is 19.1 Å². The number of nitrogens with zero attached hydrogens (tertiary/aromatic N) is 2. The van der Waals surface area contributed by atoms with E-state index in [1.165, 1.54) is 41.1 Å². The molecule has 1 aromatic heterocycles. The number of amides is 1. The van der Waals surface area contributed by atoms with Crippen LogP contribution in [0.1, 0.15) is 40.2 Å². The van der Waals surface area contributed by atoms with Crippen LogP contribution in [0.25, 0.3) is 6.08 Å². The number of thioether (sulfide) groups is 1. The first-order valence-electron chi connectivity index (χ1n) is 13.7. The van der Waals surface area contributed by atoms with E-state index in [0.29, 0.717) is 11.3 Å². The van der Waals surface area contributed by atoms with Crippen LogP contribution in [0, 0.1) is 0 Å². The van der Waals surface area contributed by atoms with Gasteiger partial charge in [-0.15, -0.1) is 23.4 Å². The number of hydrogen-bond acceptors (Lipinski definition) is 9. The van der Waals surface area contributed by atoms with Crippen molar-refractivity contribution in [1.82, 2.24) is 9.88 Å². The maximum atomic E-state index is 14.1. The second-order valence-electron chi connectivity index (χ2n) is 10.3. The summed E-state index contributed by atoms with van der Waals surface area (Å²) in [5.41, 5.74) is 2.54. The monoisotopic (exact) mass is 632 g/mol. The van der Waals surface area contributed by atoms with Gasteiger partial charge < -0.3 is 19.1 Å². The Labute approximate surface area is 263 Å². The lowest BCUT2D eigenvalue weighted by Crippen LogP contribution is -2.60. The molecule has 2 aliphatic heterocycles. The first kappa shape index (κ1) is 31.0. The van der Waals surface area contributed by atoms with Gasteiger partial charge in [-0.25, -0.2) is 9.59 Å². The number of halogens is 1. The Bertz CT molecular complexity index is 1560. The number of carbonyl (C=O) groups excluding carboxylic acids is 4. The minimum absolute atomic E-state index is 0.0590. The molecular weight excluding hydrogens is 604 g/mol. The molecular formula is C33H29ClN2O7S. The summed E-state index contributed by atoms with van der Waals surface area (Å²) in [5.74, 6) is -2.58. The van der Waals surface area contributed by atoms with Crippen LogP contribution in [0.4, 0.5) is 0 Å². The number of fused-ring (bicyclic) bond motifs is 1. The lowest BCUT2D eigenvalue weighted by molar-refractivity contribution is -0.162. The zero-order valence-corrected chi connectivity index (χ0v) is 25.3. The Morgan fingerprint density at radius 1 is 1.07 bits per heavy atom. The van der Waals surface area contributed by atoms with E-state index in [1.807, 2.05) is 60.7 Å². The molecule has 2 aromatic carbocycles. The summed E-state index contributed by atoms with van der Waals surface area (Å²) in [5, 5.41) is -0.551. The molecule has 11 heteroatoms.